The van der Waals surface area contributed by atoms with Crippen molar-refractivity contribution in [3.05, 3.63) is 69.2 Å². The molecule has 0 unspecified atom stereocenters. The topological polar surface area (TPSA) is 4.44 Å². The molecule has 0 fully saturated rings. The van der Waals surface area contributed by atoms with E-state index in [2.05, 4.69) is 44.4 Å². The lowest BCUT2D eigenvalue weighted by Crippen LogP contribution is -3.05. The second kappa shape index (κ2) is 8.64. The maximum absolute atomic E-state index is 6.27. The van der Waals surface area contributed by atoms with E-state index in [1.807, 2.05) is 23.9 Å². The number of nitrogens with one attached hydrogen (secondary N) is 1. The van der Waals surface area contributed by atoms with Crippen molar-refractivity contribution in [3.63, 3.8) is 0 Å². The summed E-state index contributed by atoms with van der Waals surface area (Å²) in [4.78, 5) is 2.73. The van der Waals surface area contributed by atoms with Gasteiger partial charge in [0.05, 0.1) is 20.6 Å². The van der Waals surface area contributed by atoms with E-state index in [0.29, 0.717) is 0 Å². The average Bonchev–Trinajstić information content (AvgIpc) is 2.64. The van der Waals surface area contributed by atoms with Gasteiger partial charge in [-0.1, -0.05) is 35.3 Å². The van der Waals surface area contributed by atoms with E-state index >= 15 is 0 Å². The molecule has 24 heavy (non-hydrogen) atoms. The molecule has 0 spiro atoms. The molecule has 0 saturated carbocycles. The number of rotatable bonds is 3. The van der Waals surface area contributed by atoms with Crippen molar-refractivity contribution in [2.45, 2.75) is 17.1 Å². The zero-order valence-corrected chi connectivity index (χ0v) is 16.8. The van der Waals surface area contributed by atoms with Crippen LogP contribution in [-0.4, -0.2) is 20.6 Å². The van der Waals surface area contributed by atoms with Crippen LogP contribution in [0.3, 0.4) is 0 Å². The van der Waals surface area contributed by atoms with Gasteiger partial charge >= 0.3 is 0 Å². The highest BCUT2D eigenvalue weighted by molar-refractivity contribution is 7.98. The lowest BCUT2D eigenvalue weighted by atomic mass is 9.93. The maximum atomic E-state index is 6.27. The molecule has 1 N–H and O–H groups in total. The maximum Gasteiger partial charge on any atom is 0.0802 e. The molecule has 0 bridgehead atoms. The van der Waals surface area contributed by atoms with E-state index in [0.717, 1.165) is 28.8 Å². The minimum absolute atomic E-state index is 0. The number of fused-ring (bicyclic) bond motifs is 2. The summed E-state index contributed by atoms with van der Waals surface area (Å²) in [7, 11) is 4.36. The fourth-order valence-corrected chi connectivity index (χ4v) is 4.19. The van der Waals surface area contributed by atoms with Gasteiger partial charge in [-0.05, 0) is 52.6 Å². The molecule has 1 aliphatic heterocycles. The molecule has 0 atom stereocenters. The van der Waals surface area contributed by atoms with Gasteiger partial charge in [-0.15, -0.1) is 11.8 Å². The van der Waals surface area contributed by atoms with Crippen LogP contribution in [0.25, 0.3) is 5.57 Å². The average molecular weight is 401 g/mol. The molecule has 0 saturated heterocycles. The van der Waals surface area contributed by atoms with Gasteiger partial charge in [-0.25, -0.2) is 0 Å². The van der Waals surface area contributed by atoms with Gasteiger partial charge in [-0.2, -0.15) is 0 Å². The first kappa shape index (κ1) is 19.7. The molecule has 0 radical (unpaired) electrons. The third-order valence-electron chi connectivity index (χ3n) is 3.97. The number of benzene rings is 2. The smallest absolute Gasteiger partial charge is 0.0802 e. The summed E-state index contributed by atoms with van der Waals surface area (Å²) in [5.74, 6) is 0.956. The van der Waals surface area contributed by atoms with Gasteiger partial charge in [0.1, 0.15) is 0 Å². The van der Waals surface area contributed by atoms with Crippen LogP contribution in [0.5, 0.6) is 0 Å². The van der Waals surface area contributed by atoms with E-state index in [1.165, 1.54) is 32.1 Å². The highest BCUT2D eigenvalue weighted by Gasteiger charge is 2.19. The van der Waals surface area contributed by atoms with Crippen LogP contribution in [0.1, 0.15) is 23.1 Å². The van der Waals surface area contributed by atoms with Crippen LogP contribution in [0.4, 0.5) is 0 Å². The van der Waals surface area contributed by atoms with Crippen molar-refractivity contribution in [1.82, 2.24) is 0 Å². The van der Waals surface area contributed by atoms with Gasteiger partial charge in [0.15, 0.2) is 0 Å². The summed E-state index contributed by atoms with van der Waals surface area (Å²) >= 11 is 14.4. The first-order valence-corrected chi connectivity index (χ1v) is 9.49. The Kier molecular flexibility index (Phi) is 7.09. The van der Waals surface area contributed by atoms with Gasteiger partial charge in [0.25, 0.3) is 0 Å². The van der Waals surface area contributed by atoms with Crippen LogP contribution >= 0.6 is 35.0 Å². The summed E-state index contributed by atoms with van der Waals surface area (Å²) in [6.07, 6.45) is 3.36. The number of hydrogen-bond acceptors (Lipinski definition) is 1. The van der Waals surface area contributed by atoms with Crippen molar-refractivity contribution >= 4 is 40.5 Å². The van der Waals surface area contributed by atoms with E-state index in [4.69, 9.17) is 23.2 Å². The monoisotopic (exact) mass is 399 g/mol. The second-order valence-electron chi connectivity index (χ2n) is 6.09. The third-order valence-corrected chi connectivity index (χ3v) is 5.56. The quantitative estimate of drug-likeness (QED) is 0.819. The van der Waals surface area contributed by atoms with Gasteiger partial charge < -0.3 is 17.3 Å². The normalized spacial score (nSPS) is 14.8. The Labute approximate surface area is 164 Å². The molecule has 1 nitrogen and oxygen atoms in total. The Morgan fingerprint density at radius 3 is 2.42 bits per heavy atom. The lowest BCUT2D eigenvalue weighted by Gasteiger charge is -2.13. The van der Waals surface area contributed by atoms with Crippen LogP contribution in [0.15, 0.2) is 47.4 Å². The van der Waals surface area contributed by atoms with E-state index in [-0.39, 0.29) is 12.4 Å². The Bertz CT molecular complexity index is 701. The highest BCUT2D eigenvalue weighted by atomic mass is 35.5. The molecule has 3 rings (SSSR count). The fourth-order valence-electron chi connectivity index (χ4n) is 2.79. The summed E-state index contributed by atoms with van der Waals surface area (Å²) in [6.45, 7) is 1.10. The predicted molar refractivity (Wildman–Crippen MR) is 102 cm³/mol. The van der Waals surface area contributed by atoms with Crippen molar-refractivity contribution in [2.24, 2.45) is 0 Å². The standard InChI is InChI=1S/C19H19Cl2NS.ClH/c1-22(2)9-3-4-16-17-10-14(20)6-5-13(17)12-23-19-8-7-15(21)11-18(16)19;/h4-8,10-11H,3,9,12H2,1-2H3;1H/b16-4-;. The zero-order valence-electron chi connectivity index (χ0n) is 13.7. The molecular weight excluding hydrogens is 381 g/mol. The Morgan fingerprint density at radius 1 is 1.04 bits per heavy atom. The minimum atomic E-state index is 0. The highest BCUT2D eigenvalue weighted by Crippen LogP contribution is 2.42. The van der Waals surface area contributed by atoms with E-state index in [1.54, 1.807) is 0 Å². The van der Waals surface area contributed by atoms with Crippen LogP contribution < -0.4 is 17.3 Å². The molecule has 1 aliphatic rings. The Balaban J connectivity index is 0.00000208. The number of quaternary nitrogens is 1. The van der Waals surface area contributed by atoms with Gasteiger partial charge in [0, 0.05) is 27.1 Å². The number of halogens is 3. The zero-order chi connectivity index (χ0) is 16.4. The van der Waals surface area contributed by atoms with Crippen molar-refractivity contribution in [1.29, 1.82) is 0 Å². The lowest BCUT2D eigenvalue weighted by molar-refractivity contribution is -0.857. The fraction of sp³-hybridized carbons (Fsp3) is 0.263. The molecule has 2 aromatic carbocycles. The summed E-state index contributed by atoms with van der Waals surface area (Å²) in [5, 5.41) is 1.56. The van der Waals surface area contributed by atoms with E-state index in [9.17, 15) is 0 Å². The van der Waals surface area contributed by atoms with Crippen molar-refractivity contribution < 1.29 is 17.3 Å². The Morgan fingerprint density at radius 2 is 1.71 bits per heavy atom. The van der Waals surface area contributed by atoms with Crippen molar-refractivity contribution in [2.75, 3.05) is 20.6 Å². The van der Waals surface area contributed by atoms with Crippen LogP contribution in [0.2, 0.25) is 10.0 Å². The number of hydrogen-bond donors (Lipinski definition) is 1. The summed E-state index contributed by atoms with van der Waals surface area (Å²) in [6, 6.07) is 12.4. The molecule has 2 aromatic rings. The molecule has 0 aromatic heterocycles. The van der Waals surface area contributed by atoms with E-state index < -0.39 is 0 Å². The van der Waals surface area contributed by atoms with Crippen molar-refractivity contribution in [3.8, 4) is 0 Å². The van der Waals surface area contributed by atoms with Gasteiger partial charge in [0.2, 0.25) is 0 Å². The molecule has 5 heteroatoms. The largest absolute Gasteiger partial charge is 1.00 e. The third kappa shape index (κ3) is 4.50. The first-order chi connectivity index (χ1) is 11.0. The molecule has 1 heterocycles. The minimum Gasteiger partial charge on any atom is -1.00 e. The van der Waals surface area contributed by atoms with Crippen LogP contribution in [-0.2, 0) is 5.75 Å². The molecule has 0 amide bonds. The molecule has 0 aliphatic carbocycles. The summed E-state index contributed by atoms with van der Waals surface area (Å²) in [5.41, 5.74) is 5.04. The predicted octanol–water partition coefficient (Wildman–Crippen LogP) is 1.57. The Hall–Kier alpha value is -0.640. The van der Waals surface area contributed by atoms with Gasteiger partial charge in [-0.3, -0.25) is 0 Å². The number of thioether (sulfide) groups is 1. The summed E-state index contributed by atoms with van der Waals surface area (Å²) < 4.78 is 0. The SMILES string of the molecule is C[NH+](C)CC/C=C1/c2cc(Cl)ccc2CSc2ccc(Cl)cc21.[Cl-]. The first-order valence-electron chi connectivity index (χ1n) is 7.75. The molecule has 128 valence electrons. The second-order valence-corrected chi connectivity index (χ2v) is 7.98. The molecular formula is C19H20Cl3NS. The van der Waals surface area contributed by atoms with Crippen LogP contribution in [0, 0.1) is 0 Å².